The molecule has 5 rings (SSSR count). The molecule has 0 aromatic heterocycles. The van der Waals surface area contributed by atoms with Crippen LogP contribution in [0.5, 0.6) is 0 Å². The molecule has 1 unspecified atom stereocenters. The molecule has 8 atom stereocenters. The third-order valence-corrected chi connectivity index (χ3v) is 13.3. The van der Waals surface area contributed by atoms with Crippen LogP contribution in [0.25, 0.3) is 0 Å². The summed E-state index contributed by atoms with van der Waals surface area (Å²) in [7, 11) is 0. The van der Waals surface area contributed by atoms with Gasteiger partial charge in [-0.15, -0.1) is 0 Å². The van der Waals surface area contributed by atoms with Crippen molar-refractivity contribution in [2.45, 2.75) is 126 Å². The van der Waals surface area contributed by atoms with Gasteiger partial charge in [-0.2, -0.15) is 0 Å². The number of carbonyl (C=O) groups is 2. The van der Waals surface area contributed by atoms with Gasteiger partial charge in [0.05, 0.1) is 0 Å². The molecule has 0 amide bonds. The van der Waals surface area contributed by atoms with Crippen molar-refractivity contribution in [2.75, 3.05) is 0 Å². The lowest BCUT2D eigenvalue weighted by Gasteiger charge is -2.72. The molecule has 3 nitrogen and oxygen atoms in total. The van der Waals surface area contributed by atoms with Gasteiger partial charge in [-0.05, 0) is 91.3 Å². The summed E-state index contributed by atoms with van der Waals surface area (Å²) < 4.78 is 5.76. The van der Waals surface area contributed by atoms with Crippen LogP contribution in [0, 0.1) is 50.7 Å². The largest absolute Gasteiger partial charge is 0.462 e. The van der Waals surface area contributed by atoms with Crippen molar-refractivity contribution in [2.24, 2.45) is 50.7 Å². The Hall–Kier alpha value is -1.12. The number of hydrogen-bond acceptors (Lipinski definition) is 3. The Morgan fingerprint density at radius 3 is 2.11 bits per heavy atom. The molecule has 3 heteroatoms. The van der Waals surface area contributed by atoms with E-state index >= 15 is 0 Å². The zero-order valence-electron chi connectivity index (χ0n) is 24.0. The Kier molecular flexibility index (Phi) is 5.62. The van der Waals surface area contributed by atoms with E-state index in [0.29, 0.717) is 29.5 Å². The summed E-state index contributed by atoms with van der Waals surface area (Å²) >= 11 is 0. The fourth-order valence-electron chi connectivity index (χ4n) is 11.4. The molecule has 0 aromatic rings. The van der Waals surface area contributed by atoms with E-state index in [0.717, 1.165) is 12.3 Å². The van der Waals surface area contributed by atoms with E-state index in [-0.39, 0.29) is 39.7 Å². The number of ketones is 1. The minimum absolute atomic E-state index is 0.177. The van der Waals surface area contributed by atoms with Gasteiger partial charge < -0.3 is 4.74 Å². The molecule has 0 aromatic carbocycles. The predicted molar refractivity (Wildman–Crippen MR) is 141 cm³/mol. The quantitative estimate of drug-likeness (QED) is 0.296. The number of fused-ring (bicyclic) bond motifs is 7. The molecule has 0 heterocycles. The van der Waals surface area contributed by atoms with E-state index in [4.69, 9.17) is 4.74 Å². The second-order valence-corrected chi connectivity index (χ2v) is 15.0. The number of rotatable bonds is 2. The van der Waals surface area contributed by atoms with Crippen LogP contribution in [-0.4, -0.2) is 17.9 Å². The van der Waals surface area contributed by atoms with Gasteiger partial charge in [-0.3, -0.25) is 9.59 Å². The summed E-state index contributed by atoms with van der Waals surface area (Å²) in [5.41, 5.74) is 3.86. The maximum absolute atomic E-state index is 14.1. The summed E-state index contributed by atoms with van der Waals surface area (Å²) in [6.07, 6.45) is 9.93. The summed E-state index contributed by atoms with van der Waals surface area (Å²) in [5, 5.41) is 0. The molecule has 0 saturated heterocycles. The van der Waals surface area contributed by atoms with Crippen LogP contribution in [0.15, 0.2) is 11.1 Å². The second-order valence-electron chi connectivity index (χ2n) is 15.0. The average Bonchev–Trinajstić information content (AvgIpc) is 3.10. The Morgan fingerprint density at radius 1 is 0.857 bits per heavy atom. The first-order valence-electron chi connectivity index (χ1n) is 14.6. The summed E-state index contributed by atoms with van der Waals surface area (Å²) in [6.45, 7) is 20.9. The fraction of sp³-hybridized carbons (Fsp3) is 0.875. The molecule has 196 valence electrons. The SMILES string of the molecule is CC(=O)O[C@H]1CC(=O)[C@@]2(C)C(CC[C@]3(C)[C@@H]2CC[C@@H]2[C@@]4(C)CCC(C(C)C)=C4CC[C@]23C)C1(C)C. The number of esters is 1. The average molecular weight is 483 g/mol. The summed E-state index contributed by atoms with van der Waals surface area (Å²) in [5.74, 6) is 2.18. The predicted octanol–water partition coefficient (Wildman–Crippen LogP) is 7.92. The maximum Gasteiger partial charge on any atom is 0.302 e. The monoisotopic (exact) mass is 482 g/mol. The highest BCUT2D eigenvalue weighted by molar-refractivity contribution is 5.87. The molecule has 4 saturated carbocycles. The van der Waals surface area contributed by atoms with Crippen LogP contribution >= 0.6 is 0 Å². The smallest absolute Gasteiger partial charge is 0.302 e. The third kappa shape index (κ3) is 3.08. The van der Waals surface area contributed by atoms with Gasteiger partial charge in [0.2, 0.25) is 0 Å². The Balaban J connectivity index is 1.54. The minimum atomic E-state index is -0.323. The fourth-order valence-corrected chi connectivity index (χ4v) is 11.4. The third-order valence-electron chi connectivity index (χ3n) is 13.3. The number of allylic oxidation sites excluding steroid dienone is 2. The van der Waals surface area contributed by atoms with Gasteiger partial charge in [-0.1, -0.05) is 66.5 Å². The van der Waals surface area contributed by atoms with Gasteiger partial charge in [0.1, 0.15) is 11.9 Å². The van der Waals surface area contributed by atoms with Crippen molar-refractivity contribution < 1.29 is 14.3 Å². The minimum Gasteiger partial charge on any atom is -0.462 e. The molecule has 0 aliphatic heterocycles. The first-order chi connectivity index (χ1) is 16.1. The molecular formula is C32H50O3. The summed E-state index contributed by atoms with van der Waals surface area (Å²) in [4.78, 5) is 25.9. The second kappa shape index (κ2) is 7.70. The van der Waals surface area contributed by atoms with Crippen LogP contribution in [0.4, 0.5) is 0 Å². The molecule has 0 spiro atoms. The first-order valence-corrected chi connectivity index (χ1v) is 14.6. The van der Waals surface area contributed by atoms with E-state index in [9.17, 15) is 9.59 Å². The molecule has 4 fully saturated rings. The van der Waals surface area contributed by atoms with Crippen LogP contribution in [-0.2, 0) is 14.3 Å². The lowest BCUT2D eigenvalue weighted by Crippen LogP contribution is -2.68. The first kappa shape index (κ1) is 25.5. The molecule has 0 radical (unpaired) electrons. The van der Waals surface area contributed by atoms with Gasteiger partial charge in [0, 0.05) is 24.2 Å². The molecular weight excluding hydrogens is 432 g/mol. The van der Waals surface area contributed by atoms with E-state index in [2.05, 4.69) is 55.4 Å². The van der Waals surface area contributed by atoms with Gasteiger partial charge in [-0.25, -0.2) is 0 Å². The van der Waals surface area contributed by atoms with Crippen molar-refractivity contribution in [1.82, 2.24) is 0 Å². The van der Waals surface area contributed by atoms with Gasteiger partial charge in [0.25, 0.3) is 0 Å². The topological polar surface area (TPSA) is 43.4 Å². The zero-order chi connectivity index (χ0) is 25.8. The summed E-state index contributed by atoms with van der Waals surface area (Å²) in [6, 6.07) is 0. The standard InChI is InChI=1S/C32H50O3/c1-19(2)21-12-15-29(6)22(21)13-16-30(7)24(29)10-11-25-31(30,8)17-14-23-28(4,5)27(35-20(3)33)18-26(34)32(23,25)9/h19,23-25,27H,10-18H2,1-9H3/t23?,24-,25+,27+,29+,30-,31-,32+/m1/s1. The number of carbonyl (C=O) groups excluding carboxylic acids is 2. The highest BCUT2D eigenvalue weighted by atomic mass is 16.5. The van der Waals surface area contributed by atoms with Crippen molar-refractivity contribution >= 4 is 11.8 Å². The van der Waals surface area contributed by atoms with Crippen molar-refractivity contribution in [3.63, 3.8) is 0 Å². The highest BCUT2D eigenvalue weighted by Crippen LogP contribution is 2.77. The number of hydrogen-bond donors (Lipinski definition) is 0. The Bertz CT molecular complexity index is 973. The Labute approximate surface area is 214 Å². The van der Waals surface area contributed by atoms with E-state index in [1.165, 1.54) is 51.9 Å². The van der Waals surface area contributed by atoms with Crippen LogP contribution < -0.4 is 0 Å². The van der Waals surface area contributed by atoms with E-state index in [1.54, 1.807) is 5.57 Å². The maximum atomic E-state index is 14.1. The Morgan fingerprint density at radius 2 is 1.49 bits per heavy atom. The lowest BCUT2D eigenvalue weighted by molar-refractivity contribution is -0.234. The van der Waals surface area contributed by atoms with Crippen molar-refractivity contribution in [1.29, 1.82) is 0 Å². The molecule has 0 bridgehead atoms. The molecule has 5 aliphatic rings. The number of ether oxygens (including phenoxy) is 1. The molecule has 5 aliphatic carbocycles. The molecule has 35 heavy (non-hydrogen) atoms. The van der Waals surface area contributed by atoms with Gasteiger partial charge >= 0.3 is 5.97 Å². The zero-order valence-corrected chi connectivity index (χ0v) is 24.0. The van der Waals surface area contributed by atoms with Crippen LogP contribution in [0.3, 0.4) is 0 Å². The normalized spacial score (nSPS) is 48.7. The van der Waals surface area contributed by atoms with Crippen LogP contribution in [0.2, 0.25) is 0 Å². The lowest BCUT2D eigenvalue weighted by atomic mass is 9.32. The van der Waals surface area contributed by atoms with E-state index < -0.39 is 0 Å². The molecule has 0 N–H and O–H groups in total. The van der Waals surface area contributed by atoms with Crippen LogP contribution in [0.1, 0.15) is 120 Å². The highest BCUT2D eigenvalue weighted by Gasteiger charge is 2.72. The van der Waals surface area contributed by atoms with Crippen molar-refractivity contribution in [3.05, 3.63) is 11.1 Å². The van der Waals surface area contributed by atoms with E-state index in [1.807, 2.05) is 5.57 Å². The van der Waals surface area contributed by atoms with Crippen molar-refractivity contribution in [3.8, 4) is 0 Å². The number of Topliss-reactive ketones (excluding diaryl/α,β-unsaturated/α-hetero) is 1. The van der Waals surface area contributed by atoms with Gasteiger partial charge in [0.15, 0.2) is 0 Å².